The Hall–Kier alpha value is -0.760. The van der Waals surface area contributed by atoms with E-state index in [2.05, 4.69) is 0 Å². The van der Waals surface area contributed by atoms with Crippen LogP contribution in [0, 0.1) is 0 Å². The number of hydrogen-bond donors (Lipinski definition) is 0. The van der Waals surface area contributed by atoms with Crippen molar-refractivity contribution in [2.45, 2.75) is 30.9 Å². The second-order valence-corrected chi connectivity index (χ2v) is 9.85. The Kier molecular flexibility index (Phi) is 6.59. The van der Waals surface area contributed by atoms with E-state index >= 15 is 0 Å². The predicted octanol–water partition coefficient (Wildman–Crippen LogP) is 2.97. The van der Waals surface area contributed by atoms with Crippen molar-refractivity contribution in [1.82, 2.24) is 9.21 Å². The van der Waals surface area contributed by atoms with Crippen molar-refractivity contribution in [1.29, 1.82) is 0 Å². The van der Waals surface area contributed by atoms with E-state index in [0.717, 1.165) is 5.56 Å². The van der Waals surface area contributed by atoms with Gasteiger partial charge in [0.1, 0.15) is 5.37 Å². The second kappa shape index (κ2) is 8.08. The van der Waals surface area contributed by atoms with E-state index in [9.17, 15) is 13.2 Å². The summed E-state index contributed by atoms with van der Waals surface area (Å²) in [6.45, 7) is 4.34. The number of thioether (sulfide) groups is 1. The summed E-state index contributed by atoms with van der Waals surface area (Å²) in [4.78, 5) is 14.2. The van der Waals surface area contributed by atoms with Crippen LogP contribution in [0.4, 0.5) is 0 Å². The maximum atomic E-state index is 12.5. The van der Waals surface area contributed by atoms with Crippen LogP contribution in [0.25, 0.3) is 0 Å². The summed E-state index contributed by atoms with van der Waals surface area (Å²) in [5.74, 6) is 0.141. The van der Waals surface area contributed by atoms with Crippen molar-refractivity contribution in [2.75, 3.05) is 25.9 Å². The average molecular weight is 391 g/mol. The Morgan fingerprint density at radius 1 is 1.33 bits per heavy atom. The molecule has 1 amide bonds. The van der Waals surface area contributed by atoms with Crippen molar-refractivity contribution in [2.24, 2.45) is 0 Å². The Balaban J connectivity index is 2.14. The summed E-state index contributed by atoms with van der Waals surface area (Å²) in [6, 6.07) is 7.47. The molecule has 0 saturated carbocycles. The van der Waals surface area contributed by atoms with Gasteiger partial charge in [0, 0.05) is 30.7 Å². The van der Waals surface area contributed by atoms with E-state index in [1.807, 2.05) is 32.0 Å². The summed E-state index contributed by atoms with van der Waals surface area (Å²) in [5.41, 5.74) is 0.890. The van der Waals surface area contributed by atoms with Gasteiger partial charge in [-0.1, -0.05) is 36.7 Å². The SMILES string of the molecule is CCCS(=O)(=O)N(C)CCN1C(=O)[C@@H](C)S[C@H]1c1ccccc1Cl. The van der Waals surface area contributed by atoms with Gasteiger partial charge in [-0.05, 0) is 19.4 Å². The lowest BCUT2D eigenvalue weighted by Crippen LogP contribution is -2.39. The van der Waals surface area contributed by atoms with Crippen LogP contribution >= 0.6 is 23.4 Å². The Morgan fingerprint density at radius 3 is 2.62 bits per heavy atom. The molecule has 0 radical (unpaired) electrons. The molecule has 2 rings (SSSR count). The first-order chi connectivity index (χ1) is 11.3. The molecule has 5 nitrogen and oxygen atoms in total. The molecule has 1 aliphatic rings. The lowest BCUT2D eigenvalue weighted by molar-refractivity contribution is -0.129. The van der Waals surface area contributed by atoms with Crippen molar-refractivity contribution >= 4 is 39.3 Å². The fourth-order valence-corrected chi connectivity index (χ4v) is 5.46. The fourth-order valence-electron chi connectivity index (χ4n) is 2.62. The zero-order valence-electron chi connectivity index (χ0n) is 14.1. The number of nitrogens with zero attached hydrogens (tertiary/aromatic N) is 2. The smallest absolute Gasteiger partial charge is 0.236 e. The van der Waals surface area contributed by atoms with Crippen molar-refractivity contribution < 1.29 is 13.2 Å². The van der Waals surface area contributed by atoms with Crippen LogP contribution < -0.4 is 0 Å². The fraction of sp³-hybridized carbons (Fsp3) is 0.562. The monoisotopic (exact) mass is 390 g/mol. The normalized spacial score (nSPS) is 21.7. The number of carbonyl (C=O) groups excluding carboxylic acids is 1. The van der Waals surface area contributed by atoms with E-state index in [1.54, 1.807) is 29.8 Å². The molecule has 1 heterocycles. The van der Waals surface area contributed by atoms with Gasteiger partial charge in [0.15, 0.2) is 0 Å². The molecule has 2 atom stereocenters. The van der Waals surface area contributed by atoms with E-state index < -0.39 is 10.0 Å². The van der Waals surface area contributed by atoms with E-state index in [0.29, 0.717) is 18.0 Å². The highest BCUT2D eigenvalue weighted by Gasteiger charge is 2.39. The summed E-state index contributed by atoms with van der Waals surface area (Å²) in [5, 5.41) is 0.279. The number of benzene rings is 1. The maximum absolute atomic E-state index is 12.5. The standard InChI is InChI=1S/C16H23ClN2O3S2/c1-4-11-24(21,22)18(3)9-10-19-15(20)12(2)23-16(19)13-7-5-6-8-14(13)17/h5-8,12,16H,4,9-11H2,1-3H3/t12-,16+/m1/s1. The Labute approximate surface area is 153 Å². The molecule has 1 aliphatic heterocycles. The quantitative estimate of drug-likeness (QED) is 0.718. The minimum absolute atomic E-state index is 0.0196. The number of hydrogen-bond acceptors (Lipinski definition) is 4. The van der Waals surface area contributed by atoms with Gasteiger partial charge in [-0.15, -0.1) is 11.8 Å². The van der Waals surface area contributed by atoms with Crippen LogP contribution in [0.5, 0.6) is 0 Å². The van der Waals surface area contributed by atoms with Crippen LogP contribution in [-0.4, -0.2) is 54.7 Å². The first-order valence-electron chi connectivity index (χ1n) is 7.92. The van der Waals surface area contributed by atoms with Gasteiger partial charge in [0.2, 0.25) is 15.9 Å². The molecule has 1 aromatic rings. The summed E-state index contributed by atoms with van der Waals surface area (Å²) < 4.78 is 25.5. The number of halogens is 1. The molecule has 1 aromatic carbocycles. The largest absolute Gasteiger partial charge is 0.324 e. The summed E-state index contributed by atoms with van der Waals surface area (Å²) >= 11 is 7.83. The average Bonchev–Trinajstić information content (AvgIpc) is 2.80. The van der Waals surface area contributed by atoms with E-state index in [1.165, 1.54) is 4.31 Å². The Bertz CT molecular complexity index is 696. The second-order valence-electron chi connectivity index (χ2n) is 5.82. The van der Waals surface area contributed by atoms with Crippen LogP contribution in [-0.2, 0) is 14.8 Å². The zero-order chi connectivity index (χ0) is 17.9. The summed E-state index contributed by atoms with van der Waals surface area (Å²) in [7, 11) is -1.70. The topological polar surface area (TPSA) is 57.7 Å². The molecule has 24 heavy (non-hydrogen) atoms. The van der Waals surface area contributed by atoms with Gasteiger partial charge < -0.3 is 4.90 Å². The zero-order valence-corrected chi connectivity index (χ0v) is 16.5. The number of sulfonamides is 1. The molecule has 0 bridgehead atoms. The molecule has 1 saturated heterocycles. The summed E-state index contributed by atoms with van der Waals surface area (Å²) in [6.07, 6.45) is 0.574. The lowest BCUT2D eigenvalue weighted by Gasteiger charge is -2.27. The minimum Gasteiger partial charge on any atom is -0.324 e. The first-order valence-corrected chi connectivity index (χ1v) is 10.8. The Morgan fingerprint density at radius 2 is 2.00 bits per heavy atom. The predicted molar refractivity (Wildman–Crippen MR) is 99.7 cm³/mol. The molecule has 0 aromatic heterocycles. The number of carbonyl (C=O) groups is 1. The highest BCUT2D eigenvalue weighted by molar-refractivity contribution is 8.01. The van der Waals surface area contributed by atoms with Gasteiger partial charge in [0.05, 0.1) is 11.0 Å². The van der Waals surface area contributed by atoms with Gasteiger partial charge in [-0.25, -0.2) is 12.7 Å². The van der Waals surface area contributed by atoms with Crippen LogP contribution in [0.15, 0.2) is 24.3 Å². The van der Waals surface area contributed by atoms with Crippen LogP contribution in [0.3, 0.4) is 0 Å². The number of rotatable bonds is 7. The first kappa shape index (κ1) is 19.6. The van der Waals surface area contributed by atoms with Crippen molar-refractivity contribution in [3.63, 3.8) is 0 Å². The minimum atomic E-state index is -3.26. The number of amides is 1. The van der Waals surface area contributed by atoms with Gasteiger partial charge in [-0.3, -0.25) is 4.79 Å². The third-order valence-electron chi connectivity index (χ3n) is 4.01. The van der Waals surface area contributed by atoms with Gasteiger partial charge in [-0.2, -0.15) is 0 Å². The molecule has 0 N–H and O–H groups in total. The van der Waals surface area contributed by atoms with E-state index in [-0.39, 0.29) is 28.8 Å². The molecule has 0 unspecified atom stereocenters. The molecule has 0 spiro atoms. The lowest BCUT2D eigenvalue weighted by atomic mass is 10.2. The van der Waals surface area contributed by atoms with Crippen molar-refractivity contribution in [3.05, 3.63) is 34.9 Å². The molecular formula is C16H23ClN2O3S2. The highest BCUT2D eigenvalue weighted by Crippen LogP contribution is 2.44. The molecule has 1 fully saturated rings. The van der Waals surface area contributed by atoms with E-state index in [4.69, 9.17) is 11.6 Å². The van der Waals surface area contributed by atoms with Crippen LogP contribution in [0.1, 0.15) is 31.2 Å². The number of likely N-dealkylation sites (N-methyl/N-ethyl adjacent to an activating group) is 1. The highest BCUT2D eigenvalue weighted by atomic mass is 35.5. The molecule has 0 aliphatic carbocycles. The third-order valence-corrected chi connectivity index (χ3v) is 7.79. The molecular weight excluding hydrogens is 368 g/mol. The maximum Gasteiger partial charge on any atom is 0.236 e. The van der Waals surface area contributed by atoms with Crippen molar-refractivity contribution in [3.8, 4) is 0 Å². The van der Waals surface area contributed by atoms with Gasteiger partial charge >= 0.3 is 0 Å². The molecule has 8 heteroatoms. The molecule has 134 valence electrons. The van der Waals surface area contributed by atoms with Gasteiger partial charge in [0.25, 0.3) is 0 Å². The van der Waals surface area contributed by atoms with Crippen LogP contribution in [0.2, 0.25) is 5.02 Å². The third kappa shape index (κ3) is 4.25.